The molecule has 2 heterocycles. The van der Waals surface area contributed by atoms with Crippen LogP contribution < -0.4 is 10.5 Å². The molecule has 2 rings (SSSR count). The number of nitrogens with one attached hydrogen (secondary N) is 1. The van der Waals surface area contributed by atoms with E-state index < -0.39 is 0 Å². The van der Waals surface area contributed by atoms with Crippen LogP contribution in [-0.2, 0) is 4.74 Å². The van der Waals surface area contributed by atoms with E-state index >= 15 is 0 Å². The number of nitrogens with zero attached hydrogens (tertiary/aromatic N) is 1. The van der Waals surface area contributed by atoms with E-state index in [0.717, 1.165) is 18.5 Å². The molecule has 104 valence electrons. The minimum atomic E-state index is -0.0179. The Morgan fingerprint density at radius 1 is 1.37 bits per heavy atom. The molecule has 0 aliphatic carbocycles. The Labute approximate surface area is 113 Å². The molecular formula is C14H21N3O2. The van der Waals surface area contributed by atoms with Crippen LogP contribution >= 0.6 is 0 Å². The molecule has 3 N–H and O–H groups in total. The Bertz CT molecular complexity index is 466. The third kappa shape index (κ3) is 3.44. The molecule has 0 aromatic carbocycles. The molecule has 1 aliphatic rings. The minimum Gasteiger partial charge on any atom is -0.474 e. The smallest absolute Gasteiger partial charge is 0.225 e. The molecule has 0 bridgehead atoms. The van der Waals surface area contributed by atoms with Gasteiger partial charge in [0.1, 0.15) is 11.9 Å². The zero-order valence-electron chi connectivity index (χ0n) is 11.6. The lowest BCUT2D eigenvalue weighted by atomic mass is 10.0. The normalized spacial score (nSPS) is 27.0. The maximum atomic E-state index is 7.58. The van der Waals surface area contributed by atoms with Crippen LogP contribution in [0.1, 0.15) is 37.9 Å². The summed E-state index contributed by atoms with van der Waals surface area (Å²) in [5.74, 6) is 0.439. The molecule has 2 atom stereocenters. The zero-order valence-corrected chi connectivity index (χ0v) is 11.6. The van der Waals surface area contributed by atoms with Gasteiger partial charge in [0, 0.05) is 18.5 Å². The summed E-state index contributed by atoms with van der Waals surface area (Å²) in [6, 6.07) is 3.62. The van der Waals surface area contributed by atoms with Crippen molar-refractivity contribution < 1.29 is 9.47 Å². The zero-order chi connectivity index (χ0) is 14.0. The standard InChI is InChI=1S/C14H21N3O2/c1-8-4-5-12(13(15)16)14(17-8)19-11-6-9(2)18-10(3)7-11/h4-5,9-11H,6-7H2,1-3H3,(H3,15,16). The second-order valence-corrected chi connectivity index (χ2v) is 5.19. The first-order chi connectivity index (χ1) is 8.95. The highest BCUT2D eigenvalue weighted by molar-refractivity contribution is 5.97. The second kappa shape index (κ2) is 5.57. The van der Waals surface area contributed by atoms with Gasteiger partial charge in [-0.2, -0.15) is 0 Å². The van der Waals surface area contributed by atoms with Crippen molar-refractivity contribution in [2.24, 2.45) is 5.73 Å². The Morgan fingerprint density at radius 3 is 2.58 bits per heavy atom. The SMILES string of the molecule is Cc1ccc(C(=N)N)c(OC2CC(C)OC(C)C2)n1. The summed E-state index contributed by atoms with van der Waals surface area (Å²) < 4.78 is 11.6. The number of hydrogen-bond donors (Lipinski definition) is 2. The number of rotatable bonds is 3. The molecule has 1 aliphatic heterocycles. The van der Waals surface area contributed by atoms with Crippen molar-refractivity contribution in [3.05, 3.63) is 23.4 Å². The summed E-state index contributed by atoms with van der Waals surface area (Å²) in [5, 5.41) is 7.58. The molecule has 1 saturated heterocycles. The van der Waals surface area contributed by atoms with Crippen LogP contribution in [0.5, 0.6) is 5.88 Å². The first kappa shape index (κ1) is 13.8. The van der Waals surface area contributed by atoms with Gasteiger partial charge in [0.2, 0.25) is 5.88 Å². The number of amidine groups is 1. The van der Waals surface area contributed by atoms with E-state index in [1.165, 1.54) is 0 Å². The van der Waals surface area contributed by atoms with Gasteiger partial charge in [-0.15, -0.1) is 0 Å². The van der Waals surface area contributed by atoms with Crippen molar-refractivity contribution in [3.63, 3.8) is 0 Å². The Morgan fingerprint density at radius 2 is 2.00 bits per heavy atom. The lowest BCUT2D eigenvalue weighted by Crippen LogP contribution is -2.36. The fraction of sp³-hybridized carbons (Fsp3) is 0.571. The van der Waals surface area contributed by atoms with Crippen LogP contribution in [0.4, 0.5) is 0 Å². The van der Waals surface area contributed by atoms with Crippen molar-refractivity contribution in [1.82, 2.24) is 4.98 Å². The maximum Gasteiger partial charge on any atom is 0.225 e. The summed E-state index contributed by atoms with van der Waals surface area (Å²) >= 11 is 0. The van der Waals surface area contributed by atoms with E-state index in [0.29, 0.717) is 11.4 Å². The largest absolute Gasteiger partial charge is 0.474 e. The van der Waals surface area contributed by atoms with Gasteiger partial charge in [-0.25, -0.2) is 4.98 Å². The third-order valence-corrected chi connectivity index (χ3v) is 3.22. The van der Waals surface area contributed by atoms with E-state index in [1.54, 1.807) is 6.07 Å². The number of aryl methyl sites for hydroxylation is 1. The van der Waals surface area contributed by atoms with Gasteiger partial charge in [0.25, 0.3) is 0 Å². The van der Waals surface area contributed by atoms with E-state index in [9.17, 15) is 0 Å². The monoisotopic (exact) mass is 263 g/mol. The van der Waals surface area contributed by atoms with E-state index in [1.807, 2.05) is 26.8 Å². The van der Waals surface area contributed by atoms with Gasteiger partial charge < -0.3 is 15.2 Å². The highest BCUT2D eigenvalue weighted by Crippen LogP contribution is 2.25. The lowest BCUT2D eigenvalue weighted by Gasteiger charge is -2.32. The fourth-order valence-corrected chi connectivity index (χ4v) is 2.43. The van der Waals surface area contributed by atoms with Crippen LogP contribution in [0.25, 0.3) is 0 Å². The Kier molecular flexibility index (Phi) is 4.04. The molecule has 19 heavy (non-hydrogen) atoms. The number of hydrogen-bond acceptors (Lipinski definition) is 4. The van der Waals surface area contributed by atoms with Crippen LogP contribution in [-0.4, -0.2) is 29.1 Å². The van der Waals surface area contributed by atoms with E-state index in [4.69, 9.17) is 20.6 Å². The highest BCUT2D eigenvalue weighted by Gasteiger charge is 2.27. The van der Waals surface area contributed by atoms with Crippen molar-refractivity contribution in [2.45, 2.75) is 51.9 Å². The predicted molar refractivity (Wildman–Crippen MR) is 73.6 cm³/mol. The van der Waals surface area contributed by atoms with Gasteiger partial charge in [0.05, 0.1) is 17.8 Å². The Balaban J connectivity index is 2.18. The van der Waals surface area contributed by atoms with Gasteiger partial charge in [-0.05, 0) is 32.9 Å². The molecule has 1 aromatic heterocycles. The molecule has 0 radical (unpaired) electrons. The number of aromatic nitrogens is 1. The molecule has 0 amide bonds. The average Bonchev–Trinajstić information content (AvgIpc) is 2.26. The summed E-state index contributed by atoms with van der Waals surface area (Å²) in [4.78, 5) is 4.35. The predicted octanol–water partition coefficient (Wildman–Crippen LogP) is 2.01. The van der Waals surface area contributed by atoms with E-state index in [-0.39, 0.29) is 24.1 Å². The fourth-order valence-electron chi connectivity index (χ4n) is 2.43. The van der Waals surface area contributed by atoms with Crippen molar-refractivity contribution in [2.75, 3.05) is 0 Å². The van der Waals surface area contributed by atoms with Crippen LogP contribution in [0.3, 0.4) is 0 Å². The molecule has 5 heteroatoms. The Hall–Kier alpha value is -1.62. The summed E-state index contributed by atoms with van der Waals surface area (Å²) in [6.45, 7) is 5.98. The van der Waals surface area contributed by atoms with Crippen LogP contribution in [0.15, 0.2) is 12.1 Å². The third-order valence-electron chi connectivity index (χ3n) is 3.22. The van der Waals surface area contributed by atoms with Gasteiger partial charge in [-0.3, -0.25) is 5.41 Å². The van der Waals surface area contributed by atoms with Crippen molar-refractivity contribution in [1.29, 1.82) is 5.41 Å². The molecule has 5 nitrogen and oxygen atoms in total. The molecule has 0 spiro atoms. The topological polar surface area (TPSA) is 81.2 Å². The first-order valence-electron chi connectivity index (χ1n) is 6.60. The number of nitrogens with two attached hydrogens (primary N) is 1. The van der Waals surface area contributed by atoms with Gasteiger partial charge in [-0.1, -0.05) is 0 Å². The molecule has 2 unspecified atom stereocenters. The van der Waals surface area contributed by atoms with Crippen LogP contribution in [0, 0.1) is 12.3 Å². The molecular weight excluding hydrogens is 242 g/mol. The first-order valence-corrected chi connectivity index (χ1v) is 6.60. The van der Waals surface area contributed by atoms with E-state index in [2.05, 4.69) is 4.98 Å². The van der Waals surface area contributed by atoms with Crippen molar-refractivity contribution >= 4 is 5.84 Å². The summed E-state index contributed by atoms with van der Waals surface area (Å²) in [7, 11) is 0. The average molecular weight is 263 g/mol. The number of nitrogen functional groups attached to an aromatic ring is 1. The molecule has 1 aromatic rings. The van der Waals surface area contributed by atoms with Gasteiger partial charge in [0.15, 0.2) is 0 Å². The number of ether oxygens (including phenoxy) is 2. The van der Waals surface area contributed by atoms with Gasteiger partial charge >= 0.3 is 0 Å². The van der Waals surface area contributed by atoms with Crippen molar-refractivity contribution in [3.8, 4) is 5.88 Å². The highest BCUT2D eigenvalue weighted by atomic mass is 16.5. The second-order valence-electron chi connectivity index (χ2n) is 5.19. The molecule has 1 fully saturated rings. The summed E-state index contributed by atoms with van der Waals surface area (Å²) in [6.07, 6.45) is 2.08. The maximum absolute atomic E-state index is 7.58. The minimum absolute atomic E-state index is 0.0179. The molecule has 0 saturated carbocycles. The quantitative estimate of drug-likeness (QED) is 0.645. The lowest BCUT2D eigenvalue weighted by molar-refractivity contribution is -0.0730. The summed E-state index contributed by atoms with van der Waals surface area (Å²) in [5.41, 5.74) is 6.97. The number of pyridine rings is 1. The van der Waals surface area contributed by atoms with Crippen LogP contribution in [0.2, 0.25) is 0 Å².